The van der Waals surface area contributed by atoms with Gasteiger partial charge in [-0.05, 0) is 37.0 Å². The molecular weight excluding hydrogens is 578 g/mol. The van der Waals surface area contributed by atoms with E-state index in [9.17, 15) is 22.8 Å². The van der Waals surface area contributed by atoms with Gasteiger partial charge in [0, 0.05) is 25.7 Å². The van der Waals surface area contributed by atoms with Crippen LogP contribution in [0.5, 0.6) is 0 Å². The lowest BCUT2D eigenvalue weighted by Gasteiger charge is -2.40. The molecule has 9 nitrogen and oxygen atoms in total. The minimum atomic E-state index is -1.09. The Bertz CT molecular complexity index is 1810. The largest absolute Gasteiger partial charge is 0.355 e. The lowest BCUT2D eigenvalue weighted by atomic mass is 10.0. The van der Waals surface area contributed by atoms with E-state index in [0.717, 1.165) is 24.3 Å². The van der Waals surface area contributed by atoms with Gasteiger partial charge in [0.25, 0.3) is 5.91 Å². The van der Waals surface area contributed by atoms with Crippen LogP contribution in [0.4, 0.5) is 23.4 Å². The van der Waals surface area contributed by atoms with Crippen LogP contribution < -0.4 is 10.6 Å². The van der Waals surface area contributed by atoms with E-state index < -0.39 is 52.2 Å². The van der Waals surface area contributed by atoms with Crippen LogP contribution in [-0.4, -0.2) is 61.0 Å². The van der Waals surface area contributed by atoms with E-state index in [2.05, 4.69) is 26.5 Å². The van der Waals surface area contributed by atoms with E-state index >= 15 is 4.39 Å². The quantitative estimate of drug-likeness (QED) is 0.213. The SMILES string of the molecule is C=C(F)C(=O)N1CCN(c2nc(=O)n(-c3c(C(C)C)ncnc3C(C)C)c3nc(-c4c(F)cccc4F)c(F)cc23)[C@@H](C)C1. The number of aromatic nitrogens is 5. The van der Waals surface area contributed by atoms with Gasteiger partial charge in [0.1, 0.15) is 29.5 Å². The van der Waals surface area contributed by atoms with Crippen LogP contribution in [0.2, 0.25) is 0 Å². The minimum Gasteiger partial charge on any atom is -0.350 e. The molecule has 0 bridgehead atoms. The van der Waals surface area contributed by atoms with Gasteiger partial charge in [-0.25, -0.2) is 41.9 Å². The number of benzene rings is 1. The number of nitrogens with zero attached hydrogens (tertiary/aromatic N) is 7. The second-order valence-electron chi connectivity index (χ2n) is 11.3. The van der Waals surface area contributed by atoms with Gasteiger partial charge in [-0.1, -0.05) is 40.3 Å². The number of hydrogen-bond donors (Lipinski definition) is 0. The predicted octanol–water partition coefficient (Wildman–Crippen LogP) is 5.42. The van der Waals surface area contributed by atoms with Gasteiger partial charge in [-0.2, -0.15) is 4.98 Å². The average molecular weight is 610 g/mol. The van der Waals surface area contributed by atoms with Crippen molar-refractivity contribution >= 4 is 22.8 Å². The number of anilines is 1. The number of pyridine rings is 1. The van der Waals surface area contributed by atoms with Crippen LogP contribution >= 0.6 is 0 Å². The molecule has 0 aliphatic carbocycles. The van der Waals surface area contributed by atoms with Crippen molar-refractivity contribution in [1.29, 1.82) is 0 Å². The van der Waals surface area contributed by atoms with Crippen molar-refractivity contribution in [2.75, 3.05) is 24.5 Å². The van der Waals surface area contributed by atoms with Crippen LogP contribution in [0.15, 0.2) is 47.8 Å². The molecule has 0 saturated carbocycles. The van der Waals surface area contributed by atoms with Crippen molar-refractivity contribution < 1.29 is 22.4 Å². The van der Waals surface area contributed by atoms with E-state index in [0.29, 0.717) is 17.1 Å². The second kappa shape index (κ2) is 11.8. The Kier molecular flexibility index (Phi) is 8.23. The molecule has 1 fully saturated rings. The summed E-state index contributed by atoms with van der Waals surface area (Å²) in [4.78, 5) is 46.9. The molecule has 1 amide bonds. The first-order valence-corrected chi connectivity index (χ1v) is 14.1. The Morgan fingerprint density at radius 1 is 0.977 bits per heavy atom. The number of carbonyl (C=O) groups excluding carboxylic acids is 1. The molecule has 1 aliphatic rings. The van der Waals surface area contributed by atoms with Crippen molar-refractivity contribution in [1.82, 2.24) is 29.4 Å². The van der Waals surface area contributed by atoms with Gasteiger partial charge < -0.3 is 9.80 Å². The summed E-state index contributed by atoms with van der Waals surface area (Å²) < 4.78 is 60.4. The van der Waals surface area contributed by atoms with Gasteiger partial charge in [0.15, 0.2) is 17.3 Å². The third-order valence-corrected chi connectivity index (χ3v) is 7.62. The number of halogens is 4. The molecule has 1 aromatic carbocycles. The highest BCUT2D eigenvalue weighted by Gasteiger charge is 2.32. The molecule has 4 aromatic rings. The number of amides is 1. The van der Waals surface area contributed by atoms with E-state index in [1.807, 2.05) is 27.7 Å². The van der Waals surface area contributed by atoms with E-state index in [1.54, 1.807) is 11.8 Å². The van der Waals surface area contributed by atoms with Gasteiger partial charge in [0.05, 0.1) is 28.0 Å². The zero-order valence-corrected chi connectivity index (χ0v) is 24.9. The summed E-state index contributed by atoms with van der Waals surface area (Å²) in [5.74, 6) is -5.36. The molecule has 1 saturated heterocycles. The van der Waals surface area contributed by atoms with Gasteiger partial charge in [0.2, 0.25) is 0 Å². The summed E-state index contributed by atoms with van der Waals surface area (Å²) >= 11 is 0. The highest BCUT2D eigenvalue weighted by molar-refractivity contribution is 5.92. The fourth-order valence-corrected chi connectivity index (χ4v) is 5.53. The van der Waals surface area contributed by atoms with Crippen LogP contribution in [0.25, 0.3) is 28.0 Å². The fraction of sp³-hybridized carbons (Fsp3) is 0.355. The van der Waals surface area contributed by atoms with Crippen LogP contribution in [0.3, 0.4) is 0 Å². The Labute approximate surface area is 250 Å². The van der Waals surface area contributed by atoms with E-state index in [4.69, 9.17) is 0 Å². The third-order valence-electron chi connectivity index (χ3n) is 7.62. The minimum absolute atomic E-state index is 0.0564. The zero-order valence-electron chi connectivity index (χ0n) is 24.9. The molecule has 3 aromatic heterocycles. The Balaban J connectivity index is 1.84. The molecule has 1 aliphatic heterocycles. The summed E-state index contributed by atoms with van der Waals surface area (Å²) in [6.45, 7) is 12.6. The number of carbonyl (C=O) groups is 1. The van der Waals surface area contributed by atoms with Crippen LogP contribution in [0.1, 0.15) is 57.8 Å². The normalized spacial score (nSPS) is 15.5. The summed E-state index contributed by atoms with van der Waals surface area (Å²) in [7, 11) is 0. The third kappa shape index (κ3) is 5.31. The van der Waals surface area contributed by atoms with Crippen LogP contribution in [-0.2, 0) is 4.79 Å². The maximum Gasteiger partial charge on any atom is 0.355 e. The topological polar surface area (TPSA) is 97.1 Å². The maximum absolute atomic E-state index is 15.9. The molecule has 5 rings (SSSR count). The van der Waals surface area contributed by atoms with Gasteiger partial charge in [-0.15, -0.1) is 0 Å². The van der Waals surface area contributed by atoms with Crippen molar-refractivity contribution in [2.45, 2.75) is 52.5 Å². The van der Waals surface area contributed by atoms with Gasteiger partial charge in [-0.3, -0.25) is 4.79 Å². The monoisotopic (exact) mass is 609 g/mol. The molecule has 1 atom stereocenters. The summed E-state index contributed by atoms with van der Waals surface area (Å²) in [5, 5.41) is 0.0809. The first kappa shape index (κ1) is 30.8. The number of fused-ring (bicyclic) bond motifs is 1. The number of piperazine rings is 1. The standard InChI is InChI=1S/C31H31F4N7O2/c1-15(2)24-27(25(16(3)4)37-14-36-24)42-29-19(12-22(35)26(38-29)23-20(33)8-7-9-21(23)34)28(39-31(42)44)41-11-10-40(13-17(41)5)30(43)18(6)32/h7-9,12,14-17H,6,10-11,13H2,1-5H3/t17-/m0/s1. The number of hydrogen-bond acceptors (Lipinski definition) is 7. The van der Waals surface area contributed by atoms with Crippen molar-refractivity contribution in [3.8, 4) is 16.9 Å². The molecular formula is C31H31F4N7O2. The highest BCUT2D eigenvalue weighted by atomic mass is 19.1. The second-order valence-corrected chi connectivity index (χ2v) is 11.3. The Hall–Kier alpha value is -4.68. The summed E-state index contributed by atoms with van der Waals surface area (Å²) in [6.07, 6.45) is 1.39. The first-order valence-electron chi connectivity index (χ1n) is 14.1. The molecule has 0 unspecified atom stereocenters. The van der Waals surface area contributed by atoms with Crippen LogP contribution in [0, 0.1) is 17.5 Å². The summed E-state index contributed by atoms with van der Waals surface area (Å²) in [5.41, 5.74) is -0.924. The van der Waals surface area contributed by atoms with Gasteiger partial charge >= 0.3 is 5.69 Å². The molecule has 44 heavy (non-hydrogen) atoms. The predicted molar refractivity (Wildman–Crippen MR) is 158 cm³/mol. The van der Waals surface area contributed by atoms with Crippen molar-refractivity contribution in [3.05, 3.63) is 82.3 Å². The Morgan fingerprint density at radius 2 is 1.59 bits per heavy atom. The summed E-state index contributed by atoms with van der Waals surface area (Å²) in [6, 6.07) is 3.69. The lowest BCUT2D eigenvalue weighted by molar-refractivity contribution is -0.129. The average Bonchev–Trinajstić information content (AvgIpc) is 2.96. The molecule has 4 heterocycles. The molecule has 13 heteroatoms. The van der Waals surface area contributed by atoms with E-state index in [1.165, 1.54) is 15.8 Å². The highest BCUT2D eigenvalue weighted by Crippen LogP contribution is 2.35. The molecule has 0 N–H and O–H groups in total. The molecule has 0 spiro atoms. The lowest BCUT2D eigenvalue weighted by Crippen LogP contribution is -2.54. The van der Waals surface area contributed by atoms with Crippen molar-refractivity contribution in [3.63, 3.8) is 0 Å². The maximum atomic E-state index is 15.9. The Morgan fingerprint density at radius 3 is 2.14 bits per heavy atom. The molecule has 230 valence electrons. The smallest absolute Gasteiger partial charge is 0.350 e. The van der Waals surface area contributed by atoms with E-state index in [-0.39, 0.29) is 48.3 Å². The van der Waals surface area contributed by atoms with Crippen molar-refractivity contribution in [2.24, 2.45) is 0 Å². The zero-order chi connectivity index (χ0) is 32.0. The first-order chi connectivity index (χ1) is 20.8. The molecule has 0 radical (unpaired) electrons. The number of rotatable bonds is 6. The fourth-order valence-electron chi connectivity index (χ4n) is 5.53.